The van der Waals surface area contributed by atoms with Crippen LogP contribution in [-0.4, -0.2) is 18.0 Å². The third kappa shape index (κ3) is 3.35. The lowest BCUT2D eigenvalue weighted by Gasteiger charge is -2.11. The van der Waals surface area contributed by atoms with Gasteiger partial charge in [0.2, 0.25) is 0 Å². The van der Waals surface area contributed by atoms with Crippen molar-refractivity contribution in [2.24, 2.45) is 0 Å². The van der Waals surface area contributed by atoms with Crippen molar-refractivity contribution in [3.63, 3.8) is 0 Å². The maximum atomic E-state index is 12.2. The van der Waals surface area contributed by atoms with E-state index in [9.17, 15) is 4.79 Å². The fraction of sp³-hybridized carbons (Fsp3) is 0.200. The monoisotopic (exact) mass is 290 g/mol. The van der Waals surface area contributed by atoms with Crippen molar-refractivity contribution in [3.05, 3.63) is 58.4 Å². The van der Waals surface area contributed by atoms with Crippen LogP contribution in [0.3, 0.4) is 0 Å². The van der Waals surface area contributed by atoms with E-state index in [-0.39, 0.29) is 5.91 Å². The third-order valence-corrected chi connectivity index (χ3v) is 3.11. The number of aryl methyl sites for hydroxylation is 1. The second kappa shape index (κ2) is 6.50. The number of halogens is 1. The normalized spacial score (nSPS) is 10.3. The number of anilines is 1. The highest BCUT2D eigenvalue weighted by Gasteiger charge is 2.13. The van der Waals surface area contributed by atoms with Gasteiger partial charge in [0.15, 0.2) is 0 Å². The molecule has 5 heteroatoms. The number of nitrogens with one attached hydrogen (secondary N) is 1. The van der Waals surface area contributed by atoms with E-state index in [2.05, 4.69) is 10.3 Å². The number of hydrogen-bond acceptors (Lipinski definition) is 3. The fourth-order valence-electron chi connectivity index (χ4n) is 1.81. The van der Waals surface area contributed by atoms with E-state index in [0.717, 1.165) is 11.3 Å². The van der Waals surface area contributed by atoms with Gasteiger partial charge in [0.1, 0.15) is 0 Å². The summed E-state index contributed by atoms with van der Waals surface area (Å²) in [6.45, 7) is 2.25. The van der Waals surface area contributed by atoms with Crippen molar-refractivity contribution >= 4 is 23.2 Å². The molecule has 0 spiro atoms. The number of benzene rings is 1. The zero-order valence-corrected chi connectivity index (χ0v) is 12.1. The van der Waals surface area contributed by atoms with Crippen molar-refractivity contribution in [2.75, 3.05) is 12.4 Å². The Morgan fingerprint density at radius 3 is 2.85 bits per heavy atom. The Balaban J connectivity index is 2.23. The number of carbonyl (C=O) groups is 1. The zero-order valence-electron chi connectivity index (χ0n) is 11.3. The molecule has 20 heavy (non-hydrogen) atoms. The molecule has 0 unspecified atom stereocenters. The molecule has 1 amide bonds. The summed E-state index contributed by atoms with van der Waals surface area (Å²) in [5, 5.41) is 3.22. The Labute approximate surface area is 122 Å². The minimum Gasteiger partial charge on any atom is -0.380 e. The van der Waals surface area contributed by atoms with Crippen LogP contribution in [-0.2, 0) is 11.3 Å². The highest BCUT2D eigenvalue weighted by atomic mass is 35.5. The van der Waals surface area contributed by atoms with Gasteiger partial charge >= 0.3 is 0 Å². The smallest absolute Gasteiger partial charge is 0.258 e. The first-order chi connectivity index (χ1) is 9.61. The number of methoxy groups -OCH3 is 1. The summed E-state index contributed by atoms with van der Waals surface area (Å²) >= 11 is 6.07. The highest BCUT2D eigenvalue weighted by molar-refractivity contribution is 6.34. The van der Waals surface area contributed by atoms with Crippen LogP contribution < -0.4 is 5.32 Å². The van der Waals surface area contributed by atoms with Gasteiger partial charge in [0.05, 0.1) is 17.2 Å². The summed E-state index contributed by atoms with van der Waals surface area (Å²) in [7, 11) is 1.61. The molecule has 104 valence electrons. The number of nitrogens with zero attached hydrogens (tertiary/aromatic N) is 1. The Morgan fingerprint density at radius 1 is 1.40 bits per heavy atom. The number of rotatable bonds is 4. The average molecular weight is 291 g/mol. The molecule has 0 aliphatic carbocycles. The Bertz CT molecular complexity index is 629. The third-order valence-electron chi connectivity index (χ3n) is 2.80. The number of pyridine rings is 1. The minimum absolute atomic E-state index is 0.286. The van der Waals surface area contributed by atoms with Gasteiger partial charge in [-0.2, -0.15) is 0 Å². The Hall–Kier alpha value is -1.91. The quantitative estimate of drug-likeness (QED) is 0.938. The predicted octanol–water partition coefficient (Wildman–Crippen LogP) is 3.44. The van der Waals surface area contributed by atoms with Crippen LogP contribution >= 0.6 is 11.6 Å². The molecule has 0 radical (unpaired) electrons. The van der Waals surface area contributed by atoms with Crippen LogP contribution in [0.1, 0.15) is 21.6 Å². The molecule has 0 aliphatic heterocycles. The van der Waals surface area contributed by atoms with Gasteiger partial charge < -0.3 is 10.1 Å². The van der Waals surface area contributed by atoms with E-state index >= 15 is 0 Å². The summed E-state index contributed by atoms with van der Waals surface area (Å²) in [6, 6.07) is 9.13. The van der Waals surface area contributed by atoms with E-state index < -0.39 is 0 Å². The van der Waals surface area contributed by atoms with Crippen LogP contribution in [0.2, 0.25) is 5.02 Å². The summed E-state index contributed by atoms with van der Waals surface area (Å²) in [5.41, 5.74) is 2.73. The van der Waals surface area contributed by atoms with Gasteiger partial charge in [-0.05, 0) is 19.1 Å². The van der Waals surface area contributed by atoms with Gasteiger partial charge in [-0.15, -0.1) is 0 Å². The lowest BCUT2D eigenvalue weighted by Crippen LogP contribution is -2.14. The van der Waals surface area contributed by atoms with Crippen LogP contribution in [0.5, 0.6) is 0 Å². The SMILES string of the molecule is COCc1ccccc1NC(=O)c1cnc(C)cc1Cl. The molecular weight excluding hydrogens is 276 g/mol. The van der Waals surface area contributed by atoms with Crippen molar-refractivity contribution in [1.29, 1.82) is 0 Å². The molecule has 1 aromatic carbocycles. The molecule has 0 aliphatic rings. The molecule has 0 saturated heterocycles. The molecule has 2 rings (SSSR count). The molecule has 1 N–H and O–H groups in total. The first kappa shape index (κ1) is 14.5. The van der Waals surface area contributed by atoms with Crippen molar-refractivity contribution < 1.29 is 9.53 Å². The lowest BCUT2D eigenvalue weighted by molar-refractivity contribution is 0.102. The molecule has 0 fully saturated rings. The predicted molar refractivity (Wildman–Crippen MR) is 79.1 cm³/mol. The number of ether oxygens (including phenoxy) is 1. The summed E-state index contributed by atoms with van der Waals surface area (Å²) in [5.74, 6) is -0.286. The summed E-state index contributed by atoms with van der Waals surface area (Å²) in [4.78, 5) is 16.3. The maximum absolute atomic E-state index is 12.2. The van der Waals surface area contributed by atoms with Crippen LogP contribution in [0.25, 0.3) is 0 Å². The van der Waals surface area contributed by atoms with Crippen LogP contribution in [0.4, 0.5) is 5.69 Å². The van der Waals surface area contributed by atoms with Crippen molar-refractivity contribution in [1.82, 2.24) is 4.98 Å². The first-order valence-corrected chi connectivity index (χ1v) is 6.50. The number of carbonyl (C=O) groups excluding carboxylic acids is 1. The van der Waals surface area contributed by atoms with E-state index in [0.29, 0.717) is 22.9 Å². The van der Waals surface area contributed by atoms with Gasteiger partial charge in [-0.1, -0.05) is 29.8 Å². The second-order valence-electron chi connectivity index (χ2n) is 4.35. The van der Waals surface area contributed by atoms with Crippen molar-refractivity contribution in [2.45, 2.75) is 13.5 Å². The maximum Gasteiger partial charge on any atom is 0.258 e. The van der Waals surface area contributed by atoms with Gasteiger partial charge in [0, 0.05) is 30.3 Å². The standard InChI is InChI=1S/C15H15ClN2O2/c1-10-7-13(16)12(8-17-10)15(19)18-14-6-4-3-5-11(14)9-20-2/h3-8H,9H2,1-2H3,(H,18,19). The molecule has 4 nitrogen and oxygen atoms in total. The highest BCUT2D eigenvalue weighted by Crippen LogP contribution is 2.20. The van der Waals surface area contributed by atoms with Gasteiger partial charge in [-0.25, -0.2) is 0 Å². The van der Waals surface area contributed by atoms with E-state index in [4.69, 9.17) is 16.3 Å². The fourth-order valence-corrected chi connectivity index (χ4v) is 2.10. The molecular formula is C15H15ClN2O2. The van der Waals surface area contributed by atoms with E-state index in [1.165, 1.54) is 6.20 Å². The molecule has 0 bridgehead atoms. The first-order valence-electron chi connectivity index (χ1n) is 6.12. The molecule has 1 aromatic heterocycles. The number of amides is 1. The number of hydrogen-bond donors (Lipinski definition) is 1. The van der Waals surface area contributed by atoms with E-state index in [1.54, 1.807) is 13.2 Å². The summed E-state index contributed by atoms with van der Waals surface area (Å²) in [6.07, 6.45) is 1.48. The molecule has 1 heterocycles. The van der Waals surface area contributed by atoms with Gasteiger partial charge in [0.25, 0.3) is 5.91 Å². The summed E-state index contributed by atoms with van der Waals surface area (Å²) < 4.78 is 5.11. The number of aromatic nitrogens is 1. The van der Waals surface area contributed by atoms with E-state index in [1.807, 2.05) is 31.2 Å². The zero-order chi connectivity index (χ0) is 14.5. The average Bonchev–Trinajstić information content (AvgIpc) is 2.41. The topological polar surface area (TPSA) is 51.2 Å². The second-order valence-corrected chi connectivity index (χ2v) is 4.76. The largest absolute Gasteiger partial charge is 0.380 e. The number of para-hydroxylation sites is 1. The minimum atomic E-state index is -0.286. The molecule has 0 atom stereocenters. The van der Waals surface area contributed by atoms with Crippen LogP contribution in [0, 0.1) is 6.92 Å². The van der Waals surface area contributed by atoms with Crippen molar-refractivity contribution in [3.8, 4) is 0 Å². The van der Waals surface area contributed by atoms with Crippen LogP contribution in [0.15, 0.2) is 36.5 Å². The Kier molecular flexibility index (Phi) is 4.71. The molecule has 2 aromatic rings. The lowest BCUT2D eigenvalue weighted by atomic mass is 10.1. The Morgan fingerprint density at radius 2 is 2.15 bits per heavy atom. The molecule has 0 saturated carbocycles. The van der Waals surface area contributed by atoms with Gasteiger partial charge in [-0.3, -0.25) is 9.78 Å².